The molecule has 0 spiro atoms. The number of hydrogen-bond donors (Lipinski definition) is 2. The highest BCUT2D eigenvalue weighted by molar-refractivity contribution is 5.92. The molecule has 4 nitrogen and oxygen atoms in total. The smallest absolute Gasteiger partial charge is 0.193 e. The Morgan fingerprint density at radius 2 is 1.95 bits per heavy atom. The first kappa shape index (κ1) is 14.9. The summed E-state index contributed by atoms with van der Waals surface area (Å²) < 4.78 is 5.15. The number of guanidine groups is 1. The zero-order valence-electron chi connectivity index (χ0n) is 12.7. The lowest BCUT2D eigenvalue weighted by Crippen LogP contribution is -2.24. The van der Waals surface area contributed by atoms with Gasteiger partial charge in [-0.2, -0.15) is 0 Å². The summed E-state index contributed by atoms with van der Waals surface area (Å²) >= 11 is 0. The molecule has 0 aromatic heterocycles. The van der Waals surface area contributed by atoms with Crippen LogP contribution in [0, 0.1) is 19.3 Å². The Hall–Kier alpha value is -1.55. The second kappa shape index (κ2) is 6.27. The first-order valence-corrected chi connectivity index (χ1v) is 7.17. The summed E-state index contributed by atoms with van der Waals surface area (Å²) in [7, 11) is 1.75. The second-order valence-electron chi connectivity index (χ2n) is 5.95. The molecule has 0 atom stereocenters. The summed E-state index contributed by atoms with van der Waals surface area (Å²) in [5, 5.41) is 3.18. The standard InChI is InChI=1S/C16H25N3O/c1-12-8-13(2)10-14(9-12)19-15(17)18-11-16(4-5-16)6-7-20-3/h8-10H,4-7,11H2,1-3H3,(H3,17,18,19). The van der Waals surface area contributed by atoms with Crippen LogP contribution in [0.25, 0.3) is 0 Å². The predicted octanol–water partition coefficient (Wildman–Crippen LogP) is 2.85. The van der Waals surface area contributed by atoms with E-state index in [1.54, 1.807) is 7.11 Å². The van der Waals surface area contributed by atoms with Crippen LogP contribution in [-0.2, 0) is 4.74 Å². The molecular formula is C16H25N3O. The highest BCUT2D eigenvalue weighted by atomic mass is 16.5. The summed E-state index contributed by atoms with van der Waals surface area (Å²) in [4.78, 5) is 4.49. The summed E-state index contributed by atoms with van der Waals surface area (Å²) in [5.41, 5.74) is 9.76. The van der Waals surface area contributed by atoms with Crippen molar-refractivity contribution in [2.75, 3.05) is 25.6 Å². The number of nitrogens with one attached hydrogen (secondary N) is 1. The molecule has 4 heteroatoms. The van der Waals surface area contributed by atoms with Gasteiger partial charge in [0.2, 0.25) is 0 Å². The van der Waals surface area contributed by atoms with E-state index in [4.69, 9.17) is 10.5 Å². The summed E-state index contributed by atoms with van der Waals surface area (Å²) in [6, 6.07) is 6.29. The molecular weight excluding hydrogens is 250 g/mol. The van der Waals surface area contributed by atoms with Gasteiger partial charge < -0.3 is 15.8 Å². The van der Waals surface area contributed by atoms with Gasteiger partial charge in [-0.3, -0.25) is 4.99 Å². The van der Waals surface area contributed by atoms with Gasteiger partial charge in [0.25, 0.3) is 0 Å². The molecule has 1 saturated carbocycles. The van der Waals surface area contributed by atoms with Gasteiger partial charge in [-0.1, -0.05) is 6.07 Å². The molecule has 0 amide bonds. The van der Waals surface area contributed by atoms with E-state index in [9.17, 15) is 0 Å². The fourth-order valence-corrected chi connectivity index (χ4v) is 2.47. The molecule has 0 radical (unpaired) electrons. The molecule has 0 heterocycles. The summed E-state index contributed by atoms with van der Waals surface area (Å²) in [6.45, 7) is 5.75. The van der Waals surface area contributed by atoms with E-state index in [0.717, 1.165) is 25.3 Å². The van der Waals surface area contributed by atoms with Crippen LogP contribution in [-0.4, -0.2) is 26.2 Å². The molecule has 2 rings (SSSR count). The first-order chi connectivity index (χ1) is 9.53. The minimum Gasteiger partial charge on any atom is -0.385 e. The summed E-state index contributed by atoms with van der Waals surface area (Å²) in [5.74, 6) is 0.499. The van der Waals surface area contributed by atoms with Crippen LogP contribution in [0.15, 0.2) is 23.2 Å². The Labute approximate surface area is 121 Å². The van der Waals surface area contributed by atoms with Gasteiger partial charge in [0, 0.05) is 25.9 Å². The molecule has 0 aliphatic heterocycles. The Kier molecular flexibility index (Phi) is 4.65. The molecule has 1 aliphatic carbocycles. The van der Waals surface area contributed by atoms with Crippen LogP contribution >= 0.6 is 0 Å². The lowest BCUT2D eigenvalue weighted by Gasteiger charge is -2.13. The number of anilines is 1. The predicted molar refractivity (Wildman–Crippen MR) is 84.2 cm³/mol. The number of rotatable bonds is 6. The third kappa shape index (κ3) is 4.23. The van der Waals surface area contributed by atoms with E-state index in [1.165, 1.54) is 24.0 Å². The van der Waals surface area contributed by atoms with E-state index < -0.39 is 0 Å². The van der Waals surface area contributed by atoms with Crippen LogP contribution in [0.3, 0.4) is 0 Å². The number of hydrogen-bond acceptors (Lipinski definition) is 2. The van der Waals surface area contributed by atoms with Crippen LogP contribution in [0.5, 0.6) is 0 Å². The van der Waals surface area contributed by atoms with Gasteiger partial charge in [-0.25, -0.2) is 0 Å². The Bertz CT molecular complexity index is 472. The number of nitrogens with two attached hydrogens (primary N) is 1. The topological polar surface area (TPSA) is 59.6 Å². The van der Waals surface area contributed by atoms with E-state index in [0.29, 0.717) is 11.4 Å². The Morgan fingerprint density at radius 1 is 1.30 bits per heavy atom. The minimum absolute atomic E-state index is 0.338. The quantitative estimate of drug-likeness (QED) is 0.620. The first-order valence-electron chi connectivity index (χ1n) is 7.17. The molecule has 110 valence electrons. The van der Waals surface area contributed by atoms with Crippen molar-refractivity contribution in [3.8, 4) is 0 Å². The lowest BCUT2D eigenvalue weighted by molar-refractivity contribution is 0.174. The van der Waals surface area contributed by atoms with Gasteiger partial charge in [-0.15, -0.1) is 0 Å². The fraction of sp³-hybridized carbons (Fsp3) is 0.562. The van der Waals surface area contributed by atoms with Crippen molar-refractivity contribution < 1.29 is 4.74 Å². The van der Waals surface area contributed by atoms with Crippen molar-refractivity contribution in [1.82, 2.24) is 0 Å². The molecule has 0 unspecified atom stereocenters. The van der Waals surface area contributed by atoms with Gasteiger partial charge in [0.05, 0.1) is 0 Å². The third-order valence-electron chi connectivity index (χ3n) is 3.87. The van der Waals surface area contributed by atoms with Crippen molar-refractivity contribution in [3.63, 3.8) is 0 Å². The maximum atomic E-state index is 5.98. The van der Waals surface area contributed by atoms with E-state index in [-0.39, 0.29) is 0 Å². The maximum absolute atomic E-state index is 5.98. The second-order valence-corrected chi connectivity index (χ2v) is 5.95. The summed E-state index contributed by atoms with van der Waals surface area (Å²) in [6.07, 6.45) is 3.54. The molecule has 1 aliphatic rings. The Morgan fingerprint density at radius 3 is 2.50 bits per heavy atom. The average molecular weight is 275 g/mol. The lowest BCUT2D eigenvalue weighted by atomic mass is 10.0. The SMILES string of the molecule is COCCC1(CN=C(N)Nc2cc(C)cc(C)c2)CC1. The molecule has 20 heavy (non-hydrogen) atoms. The van der Waals surface area contributed by atoms with Crippen LogP contribution < -0.4 is 11.1 Å². The van der Waals surface area contributed by atoms with Gasteiger partial charge >= 0.3 is 0 Å². The normalized spacial score (nSPS) is 17.1. The van der Waals surface area contributed by atoms with Crippen LogP contribution in [0.2, 0.25) is 0 Å². The highest BCUT2D eigenvalue weighted by Crippen LogP contribution is 2.48. The van der Waals surface area contributed by atoms with Crippen LogP contribution in [0.1, 0.15) is 30.4 Å². The number of ether oxygens (including phenoxy) is 1. The van der Waals surface area contributed by atoms with Crippen molar-refractivity contribution in [3.05, 3.63) is 29.3 Å². The maximum Gasteiger partial charge on any atom is 0.193 e. The largest absolute Gasteiger partial charge is 0.385 e. The van der Waals surface area contributed by atoms with Gasteiger partial charge in [0.15, 0.2) is 5.96 Å². The van der Waals surface area contributed by atoms with Gasteiger partial charge in [-0.05, 0) is 61.8 Å². The number of aliphatic imine (C=N–C) groups is 1. The number of aryl methyl sites for hydroxylation is 2. The van der Waals surface area contributed by atoms with E-state index in [1.807, 2.05) is 0 Å². The molecule has 0 saturated heterocycles. The molecule has 0 bridgehead atoms. The molecule has 1 fully saturated rings. The average Bonchev–Trinajstić information content (AvgIpc) is 3.13. The Balaban J connectivity index is 1.91. The number of benzene rings is 1. The van der Waals surface area contributed by atoms with Gasteiger partial charge in [0.1, 0.15) is 0 Å². The number of methoxy groups -OCH3 is 1. The molecule has 3 N–H and O–H groups in total. The van der Waals surface area contributed by atoms with Crippen LogP contribution in [0.4, 0.5) is 5.69 Å². The van der Waals surface area contributed by atoms with E-state index >= 15 is 0 Å². The van der Waals surface area contributed by atoms with Crippen molar-refractivity contribution in [2.45, 2.75) is 33.1 Å². The van der Waals surface area contributed by atoms with Crippen molar-refractivity contribution in [2.24, 2.45) is 16.1 Å². The molecule has 1 aromatic rings. The number of nitrogens with zero attached hydrogens (tertiary/aromatic N) is 1. The highest BCUT2D eigenvalue weighted by Gasteiger charge is 2.41. The zero-order chi connectivity index (χ0) is 14.6. The van der Waals surface area contributed by atoms with E-state index in [2.05, 4.69) is 42.4 Å². The van der Waals surface area contributed by atoms with Crippen molar-refractivity contribution in [1.29, 1.82) is 0 Å². The van der Waals surface area contributed by atoms with Crippen molar-refractivity contribution >= 4 is 11.6 Å². The third-order valence-corrected chi connectivity index (χ3v) is 3.87. The monoisotopic (exact) mass is 275 g/mol. The minimum atomic E-state index is 0.338. The fourth-order valence-electron chi connectivity index (χ4n) is 2.47. The zero-order valence-corrected chi connectivity index (χ0v) is 12.7. The molecule has 1 aromatic carbocycles.